The van der Waals surface area contributed by atoms with Gasteiger partial charge in [-0.1, -0.05) is 6.07 Å². The van der Waals surface area contributed by atoms with Crippen molar-refractivity contribution >= 4 is 29.1 Å². The van der Waals surface area contributed by atoms with E-state index in [9.17, 15) is 14.4 Å². The van der Waals surface area contributed by atoms with Crippen LogP contribution in [0.4, 0.5) is 0 Å². The van der Waals surface area contributed by atoms with Crippen LogP contribution in [0.2, 0.25) is 0 Å². The molecular formula is C9H11N3O3S. The number of nitrogens with zero attached hydrogens (tertiary/aromatic N) is 1. The molecule has 3 amide bonds. The number of thiophene rings is 1. The molecule has 0 unspecified atom stereocenters. The van der Waals surface area contributed by atoms with E-state index in [1.165, 1.54) is 11.3 Å². The highest BCUT2D eigenvalue weighted by Crippen LogP contribution is 2.11. The number of rotatable bonds is 5. The predicted octanol–water partition coefficient (Wildman–Crippen LogP) is -0.839. The SMILES string of the molecule is NC(=O)CN(CC(N)=O)C(=O)c1cccs1. The third kappa shape index (κ3) is 3.35. The van der Waals surface area contributed by atoms with Gasteiger partial charge in [-0.3, -0.25) is 14.4 Å². The molecule has 1 aromatic heterocycles. The lowest BCUT2D eigenvalue weighted by molar-refractivity contribution is -0.121. The molecule has 0 aliphatic heterocycles. The number of amides is 3. The second-order valence-corrected chi connectivity index (χ2v) is 4.02. The highest BCUT2D eigenvalue weighted by Gasteiger charge is 2.19. The first-order valence-corrected chi connectivity index (χ1v) is 5.28. The van der Waals surface area contributed by atoms with Gasteiger partial charge in [0, 0.05) is 0 Å². The van der Waals surface area contributed by atoms with Crippen molar-refractivity contribution in [3.63, 3.8) is 0 Å². The van der Waals surface area contributed by atoms with Gasteiger partial charge < -0.3 is 16.4 Å². The molecule has 1 rings (SSSR count). The van der Waals surface area contributed by atoms with Crippen molar-refractivity contribution in [2.24, 2.45) is 11.5 Å². The third-order valence-corrected chi connectivity index (χ3v) is 2.57. The first-order chi connectivity index (χ1) is 7.50. The van der Waals surface area contributed by atoms with Crippen LogP contribution in [0.3, 0.4) is 0 Å². The molecule has 0 aliphatic rings. The van der Waals surface area contributed by atoms with Gasteiger partial charge in [0.1, 0.15) is 13.1 Å². The van der Waals surface area contributed by atoms with E-state index in [2.05, 4.69) is 0 Å². The lowest BCUT2D eigenvalue weighted by Crippen LogP contribution is -2.43. The quantitative estimate of drug-likeness (QED) is 0.701. The van der Waals surface area contributed by atoms with Crippen LogP contribution in [-0.2, 0) is 9.59 Å². The summed E-state index contributed by atoms with van der Waals surface area (Å²) in [4.78, 5) is 34.7. The topological polar surface area (TPSA) is 106 Å². The number of primary amides is 2. The first kappa shape index (κ1) is 12.2. The Morgan fingerprint density at radius 2 is 1.75 bits per heavy atom. The van der Waals surface area contributed by atoms with E-state index >= 15 is 0 Å². The minimum atomic E-state index is -0.689. The summed E-state index contributed by atoms with van der Waals surface area (Å²) in [6.07, 6.45) is 0. The maximum Gasteiger partial charge on any atom is 0.264 e. The average Bonchev–Trinajstić information content (AvgIpc) is 2.66. The summed E-state index contributed by atoms with van der Waals surface area (Å²) in [5.74, 6) is -1.80. The Bertz CT molecular complexity index is 386. The standard InChI is InChI=1S/C9H11N3O3S/c10-7(13)4-12(5-8(11)14)9(15)6-2-1-3-16-6/h1-3H,4-5H2,(H2,10,13)(H2,11,14). The number of carbonyl (C=O) groups is 3. The van der Waals surface area contributed by atoms with E-state index in [-0.39, 0.29) is 13.1 Å². The van der Waals surface area contributed by atoms with Gasteiger partial charge in [-0.25, -0.2) is 0 Å². The molecule has 0 fully saturated rings. The van der Waals surface area contributed by atoms with Crippen LogP contribution in [-0.4, -0.2) is 35.7 Å². The zero-order valence-electron chi connectivity index (χ0n) is 8.38. The number of hydrogen-bond donors (Lipinski definition) is 2. The second-order valence-electron chi connectivity index (χ2n) is 3.07. The molecule has 16 heavy (non-hydrogen) atoms. The van der Waals surface area contributed by atoms with Crippen molar-refractivity contribution < 1.29 is 14.4 Å². The molecule has 0 aliphatic carbocycles. The Balaban J connectivity index is 2.79. The number of hydrogen-bond acceptors (Lipinski definition) is 4. The van der Waals surface area contributed by atoms with Crippen molar-refractivity contribution in [2.45, 2.75) is 0 Å². The molecule has 7 heteroatoms. The van der Waals surface area contributed by atoms with Crippen LogP contribution < -0.4 is 11.5 Å². The molecule has 0 radical (unpaired) electrons. The summed E-state index contributed by atoms with van der Waals surface area (Å²) >= 11 is 1.22. The molecule has 0 aromatic carbocycles. The second kappa shape index (κ2) is 5.26. The monoisotopic (exact) mass is 241 g/mol. The number of carbonyl (C=O) groups excluding carboxylic acids is 3. The maximum absolute atomic E-state index is 11.8. The predicted molar refractivity (Wildman–Crippen MR) is 58.6 cm³/mol. The first-order valence-electron chi connectivity index (χ1n) is 4.40. The van der Waals surface area contributed by atoms with E-state index in [0.717, 1.165) is 4.90 Å². The average molecular weight is 241 g/mol. The molecule has 0 atom stereocenters. The molecule has 0 bridgehead atoms. The molecule has 0 spiro atoms. The Morgan fingerprint density at radius 1 is 1.19 bits per heavy atom. The van der Waals surface area contributed by atoms with E-state index in [4.69, 9.17) is 11.5 Å². The van der Waals surface area contributed by atoms with Gasteiger partial charge in [-0.05, 0) is 11.4 Å². The molecule has 6 nitrogen and oxygen atoms in total. The van der Waals surface area contributed by atoms with Crippen LogP contribution >= 0.6 is 11.3 Å². The highest BCUT2D eigenvalue weighted by atomic mass is 32.1. The van der Waals surface area contributed by atoms with Gasteiger partial charge in [0.15, 0.2) is 0 Å². The van der Waals surface area contributed by atoms with Crippen molar-refractivity contribution in [3.8, 4) is 0 Å². The molecule has 1 heterocycles. The van der Waals surface area contributed by atoms with Crippen LogP contribution in [0.15, 0.2) is 17.5 Å². The van der Waals surface area contributed by atoms with E-state index in [1.807, 2.05) is 0 Å². The van der Waals surface area contributed by atoms with Crippen molar-refractivity contribution in [3.05, 3.63) is 22.4 Å². The summed E-state index contributed by atoms with van der Waals surface area (Å²) in [6, 6.07) is 3.30. The zero-order valence-corrected chi connectivity index (χ0v) is 9.20. The van der Waals surface area contributed by atoms with Gasteiger partial charge in [-0.2, -0.15) is 0 Å². The minimum Gasteiger partial charge on any atom is -0.368 e. The van der Waals surface area contributed by atoms with Gasteiger partial charge in [0.05, 0.1) is 4.88 Å². The largest absolute Gasteiger partial charge is 0.368 e. The molecule has 4 N–H and O–H groups in total. The minimum absolute atomic E-state index is 0.320. The maximum atomic E-state index is 11.8. The summed E-state index contributed by atoms with van der Waals surface area (Å²) in [7, 11) is 0. The van der Waals surface area contributed by atoms with Crippen LogP contribution in [0.5, 0.6) is 0 Å². The fraction of sp³-hybridized carbons (Fsp3) is 0.222. The molecular weight excluding hydrogens is 230 g/mol. The lowest BCUT2D eigenvalue weighted by Gasteiger charge is -2.18. The van der Waals surface area contributed by atoms with Crippen molar-refractivity contribution in [1.29, 1.82) is 0 Å². The van der Waals surface area contributed by atoms with Crippen LogP contribution in [0, 0.1) is 0 Å². The Hall–Kier alpha value is -1.89. The summed E-state index contributed by atoms with van der Waals surface area (Å²) in [5.41, 5.74) is 9.96. The smallest absolute Gasteiger partial charge is 0.264 e. The highest BCUT2D eigenvalue weighted by molar-refractivity contribution is 7.12. The van der Waals surface area contributed by atoms with E-state index in [1.54, 1.807) is 17.5 Å². The number of nitrogens with two attached hydrogens (primary N) is 2. The zero-order chi connectivity index (χ0) is 12.1. The summed E-state index contributed by atoms with van der Waals surface area (Å²) in [6.45, 7) is -0.640. The van der Waals surface area contributed by atoms with Crippen LogP contribution in [0.25, 0.3) is 0 Å². The van der Waals surface area contributed by atoms with Crippen molar-refractivity contribution in [1.82, 2.24) is 4.90 Å². The van der Waals surface area contributed by atoms with Gasteiger partial charge >= 0.3 is 0 Å². The van der Waals surface area contributed by atoms with Gasteiger partial charge in [-0.15, -0.1) is 11.3 Å². The Labute approximate surface area is 95.8 Å². The van der Waals surface area contributed by atoms with E-state index < -0.39 is 17.7 Å². The summed E-state index contributed by atoms with van der Waals surface area (Å²) in [5, 5.41) is 1.72. The molecule has 0 saturated carbocycles. The Kier molecular flexibility index (Phi) is 4.01. The summed E-state index contributed by atoms with van der Waals surface area (Å²) < 4.78 is 0. The molecule has 86 valence electrons. The van der Waals surface area contributed by atoms with Gasteiger partial charge in [0.2, 0.25) is 11.8 Å². The third-order valence-electron chi connectivity index (χ3n) is 1.71. The normalized spacial score (nSPS) is 9.75. The molecule has 0 saturated heterocycles. The lowest BCUT2D eigenvalue weighted by atomic mass is 10.3. The van der Waals surface area contributed by atoms with E-state index in [0.29, 0.717) is 4.88 Å². The van der Waals surface area contributed by atoms with Gasteiger partial charge in [0.25, 0.3) is 5.91 Å². The molecule has 1 aromatic rings. The fourth-order valence-corrected chi connectivity index (χ4v) is 1.82. The van der Waals surface area contributed by atoms with Crippen molar-refractivity contribution in [2.75, 3.05) is 13.1 Å². The van der Waals surface area contributed by atoms with Crippen LogP contribution in [0.1, 0.15) is 9.67 Å². The fourth-order valence-electron chi connectivity index (χ4n) is 1.13. The Morgan fingerprint density at radius 3 is 2.12 bits per heavy atom.